The predicted molar refractivity (Wildman–Crippen MR) is 90.0 cm³/mol. The van der Waals surface area contributed by atoms with Gasteiger partial charge in [-0.05, 0) is 31.0 Å². The smallest absolute Gasteiger partial charge is 0.261 e. The molecule has 0 aliphatic heterocycles. The lowest BCUT2D eigenvalue weighted by Crippen LogP contribution is -2.33. The monoisotopic (exact) mass is 344 g/mol. The van der Waals surface area contributed by atoms with E-state index in [4.69, 9.17) is 9.15 Å². The summed E-state index contributed by atoms with van der Waals surface area (Å²) in [6.07, 6.45) is 3.00. The van der Waals surface area contributed by atoms with Crippen LogP contribution in [-0.4, -0.2) is 36.9 Å². The standard InChI is InChI=1S/C18H20N2O5/c1-24-6-3-5-19-17(22)13-10-12-14(20-18(13)23)8-11(9-15(12)21)16-4-2-7-25-16/h2,4,7,10-11H,3,5-6,8-9H2,1H3,(H,19,22)(H,20,23)/t11-/m1/s1. The number of rotatable bonds is 6. The first kappa shape index (κ1) is 17.2. The van der Waals surface area contributed by atoms with E-state index in [1.165, 1.54) is 6.07 Å². The van der Waals surface area contributed by atoms with Crippen molar-refractivity contribution in [1.82, 2.24) is 10.3 Å². The number of hydrogen-bond acceptors (Lipinski definition) is 5. The van der Waals surface area contributed by atoms with E-state index in [1.54, 1.807) is 19.4 Å². The van der Waals surface area contributed by atoms with Crippen molar-refractivity contribution in [2.75, 3.05) is 20.3 Å². The quantitative estimate of drug-likeness (QED) is 0.776. The number of hydrogen-bond donors (Lipinski definition) is 2. The van der Waals surface area contributed by atoms with Crippen LogP contribution < -0.4 is 10.9 Å². The summed E-state index contributed by atoms with van der Waals surface area (Å²) in [5, 5.41) is 2.66. The van der Waals surface area contributed by atoms with Crippen LogP contribution in [-0.2, 0) is 11.2 Å². The fourth-order valence-electron chi connectivity index (χ4n) is 3.04. The first-order valence-corrected chi connectivity index (χ1v) is 8.20. The molecule has 0 fully saturated rings. The van der Waals surface area contributed by atoms with Gasteiger partial charge in [-0.3, -0.25) is 14.4 Å². The highest BCUT2D eigenvalue weighted by atomic mass is 16.5. The van der Waals surface area contributed by atoms with Crippen LogP contribution in [0.4, 0.5) is 0 Å². The van der Waals surface area contributed by atoms with Crippen molar-refractivity contribution in [3.8, 4) is 0 Å². The number of aromatic amines is 1. The van der Waals surface area contributed by atoms with E-state index in [9.17, 15) is 14.4 Å². The summed E-state index contributed by atoms with van der Waals surface area (Å²) in [7, 11) is 1.58. The molecule has 0 bridgehead atoms. The van der Waals surface area contributed by atoms with Gasteiger partial charge in [-0.25, -0.2) is 0 Å². The molecule has 2 aromatic heterocycles. The molecule has 2 N–H and O–H groups in total. The number of ketones is 1. The molecule has 0 saturated heterocycles. The second-order valence-electron chi connectivity index (χ2n) is 6.05. The minimum Gasteiger partial charge on any atom is -0.469 e. The van der Waals surface area contributed by atoms with Gasteiger partial charge < -0.3 is 19.5 Å². The van der Waals surface area contributed by atoms with Gasteiger partial charge in [0.2, 0.25) is 0 Å². The first-order valence-electron chi connectivity index (χ1n) is 8.20. The number of aromatic nitrogens is 1. The third-order valence-corrected chi connectivity index (χ3v) is 4.31. The predicted octanol–water partition coefficient (Wildman–Crippen LogP) is 1.65. The van der Waals surface area contributed by atoms with Gasteiger partial charge in [0.1, 0.15) is 11.3 Å². The van der Waals surface area contributed by atoms with E-state index in [1.807, 2.05) is 6.07 Å². The average Bonchev–Trinajstić information content (AvgIpc) is 3.12. The normalized spacial score (nSPS) is 16.5. The third kappa shape index (κ3) is 3.71. The van der Waals surface area contributed by atoms with Gasteiger partial charge in [0.15, 0.2) is 5.78 Å². The van der Waals surface area contributed by atoms with Gasteiger partial charge in [0.05, 0.1) is 6.26 Å². The molecule has 2 aromatic rings. The number of nitrogens with one attached hydrogen (secondary N) is 2. The van der Waals surface area contributed by atoms with E-state index in [0.29, 0.717) is 43.7 Å². The molecule has 0 spiro atoms. The molecule has 1 atom stereocenters. The maximum absolute atomic E-state index is 12.5. The van der Waals surface area contributed by atoms with E-state index < -0.39 is 11.5 Å². The molecule has 0 unspecified atom stereocenters. The number of H-pyrrole nitrogens is 1. The molecule has 3 rings (SSSR count). The number of amides is 1. The number of fused-ring (bicyclic) bond motifs is 1. The number of pyridine rings is 1. The Morgan fingerprint density at radius 2 is 2.24 bits per heavy atom. The molecule has 7 nitrogen and oxygen atoms in total. The van der Waals surface area contributed by atoms with Gasteiger partial charge in [0.25, 0.3) is 11.5 Å². The topological polar surface area (TPSA) is 101 Å². The molecule has 1 amide bonds. The number of Topliss-reactive ketones (excluding diaryl/α,β-unsaturated/α-hetero) is 1. The zero-order chi connectivity index (χ0) is 17.8. The van der Waals surface area contributed by atoms with E-state index in [-0.39, 0.29) is 17.3 Å². The van der Waals surface area contributed by atoms with Gasteiger partial charge in [-0.15, -0.1) is 0 Å². The average molecular weight is 344 g/mol. The van der Waals surface area contributed by atoms with E-state index in [2.05, 4.69) is 10.3 Å². The molecule has 1 aliphatic carbocycles. The highest BCUT2D eigenvalue weighted by Gasteiger charge is 2.30. The first-order chi connectivity index (χ1) is 12.1. The lowest BCUT2D eigenvalue weighted by Gasteiger charge is -2.22. The van der Waals surface area contributed by atoms with Crippen LogP contribution in [0.2, 0.25) is 0 Å². The Labute approximate surface area is 144 Å². The Hall–Kier alpha value is -2.67. The number of carbonyl (C=O) groups is 2. The molecule has 2 heterocycles. The van der Waals surface area contributed by atoms with Crippen molar-refractivity contribution in [2.24, 2.45) is 0 Å². The molecule has 1 aliphatic rings. The van der Waals surface area contributed by atoms with Gasteiger partial charge in [-0.1, -0.05) is 0 Å². The zero-order valence-electron chi connectivity index (χ0n) is 14.0. The second kappa shape index (κ2) is 7.48. The van der Waals surface area contributed by atoms with Gasteiger partial charge in [-0.2, -0.15) is 0 Å². The van der Waals surface area contributed by atoms with Crippen molar-refractivity contribution in [1.29, 1.82) is 0 Å². The van der Waals surface area contributed by atoms with Crippen molar-refractivity contribution in [2.45, 2.75) is 25.2 Å². The van der Waals surface area contributed by atoms with Crippen LogP contribution in [0.15, 0.2) is 33.7 Å². The maximum atomic E-state index is 12.5. The second-order valence-corrected chi connectivity index (χ2v) is 6.05. The van der Waals surface area contributed by atoms with Gasteiger partial charge >= 0.3 is 0 Å². The highest BCUT2D eigenvalue weighted by molar-refractivity contribution is 6.02. The van der Waals surface area contributed by atoms with Crippen LogP contribution in [0.25, 0.3) is 0 Å². The number of ether oxygens (including phenoxy) is 1. The van der Waals surface area contributed by atoms with Crippen LogP contribution in [0.3, 0.4) is 0 Å². The Kier molecular flexibility index (Phi) is 5.14. The van der Waals surface area contributed by atoms with E-state index >= 15 is 0 Å². The Morgan fingerprint density at radius 1 is 1.40 bits per heavy atom. The van der Waals surface area contributed by atoms with Crippen molar-refractivity contribution < 1.29 is 18.7 Å². The summed E-state index contributed by atoms with van der Waals surface area (Å²) in [5.41, 5.74) is 0.430. The molecule has 0 radical (unpaired) electrons. The highest BCUT2D eigenvalue weighted by Crippen LogP contribution is 2.31. The summed E-state index contributed by atoms with van der Waals surface area (Å²) >= 11 is 0. The van der Waals surface area contributed by atoms with Crippen molar-refractivity contribution in [3.63, 3.8) is 0 Å². The lowest BCUT2D eigenvalue weighted by molar-refractivity contribution is 0.0947. The largest absolute Gasteiger partial charge is 0.469 e. The molecule has 25 heavy (non-hydrogen) atoms. The molecule has 132 valence electrons. The summed E-state index contributed by atoms with van der Waals surface area (Å²) in [4.78, 5) is 39.6. The van der Waals surface area contributed by atoms with Crippen molar-refractivity contribution in [3.05, 3.63) is 57.4 Å². The van der Waals surface area contributed by atoms with Crippen LogP contribution in [0.1, 0.15) is 50.9 Å². The zero-order valence-corrected chi connectivity index (χ0v) is 14.0. The summed E-state index contributed by atoms with van der Waals surface area (Å²) in [6, 6.07) is 5.00. The fraction of sp³-hybridized carbons (Fsp3) is 0.389. The lowest BCUT2D eigenvalue weighted by atomic mass is 9.84. The Bertz CT molecular complexity index is 822. The SMILES string of the molecule is COCCCNC(=O)c1cc2c([nH]c1=O)C[C@@H](c1ccco1)CC2=O. The van der Waals surface area contributed by atoms with Crippen LogP contribution in [0, 0.1) is 0 Å². The molecular formula is C18H20N2O5. The number of furan rings is 1. The maximum Gasteiger partial charge on any atom is 0.261 e. The van der Waals surface area contributed by atoms with Crippen LogP contribution >= 0.6 is 0 Å². The third-order valence-electron chi connectivity index (χ3n) is 4.31. The minimum atomic E-state index is -0.490. The molecule has 7 heteroatoms. The fourth-order valence-corrected chi connectivity index (χ4v) is 3.04. The summed E-state index contributed by atoms with van der Waals surface area (Å²) < 4.78 is 10.3. The van der Waals surface area contributed by atoms with Gasteiger partial charge in [0, 0.05) is 43.9 Å². The van der Waals surface area contributed by atoms with Crippen molar-refractivity contribution >= 4 is 11.7 Å². The Morgan fingerprint density at radius 3 is 2.96 bits per heavy atom. The van der Waals surface area contributed by atoms with E-state index in [0.717, 1.165) is 5.76 Å². The Balaban J connectivity index is 1.80. The summed E-state index contributed by atoms with van der Waals surface area (Å²) in [5.74, 6) is 0.0348. The number of methoxy groups -OCH3 is 1. The molecule has 0 saturated carbocycles. The number of carbonyl (C=O) groups excluding carboxylic acids is 2. The molecular weight excluding hydrogens is 324 g/mol. The van der Waals surface area contributed by atoms with Crippen LogP contribution in [0.5, 0.6) is 0 Å². The minimum absolute atomic E-state index is 0.0408. The summed E-state index contributed by atoms with van der Waals surface area (Å²) in [6.45, 7) is 0.922. The molecule has 0 aromatic carbocycles.